The van der Waals surface area contributed by atoms with Crippen LogP contribution in [0.15, 0.2) is 12.3 Å². The molecule has 0 fully saturated rings. The van der Waals surface area contributed by atoms with Crippen LogP contribution in [-0.2, 0) is 10.2 Å². The predicted octanol–water partition coefficient (Wildman–Crippen LogP) is 2.60. The molecule has 0 saturated carbocycles. The highest BCUT2D eigenvalue weighted by Gasteiger charge is 2.20. The first-order valence-corrected chi connectivity index (χ1v) is 10.5. The summed E-state index contributed by atoms with van der Waals surface area (Å²) in [5.74, 6) is 0.489. The summed E-state index contributed by atoms with van der Waals surface area (Å²) in [6, 6.07) is 1.38. The van der Waals surface area contributed by atoms with Crippen LogP contribution in [0.5, 0.6) is 0 Å². The third-order valence-electron chi connectivity index (χ3n) is 4.09. The molecule has 4 N–H and O–H groups in total. The molecule has 0 aliphatic carbocycles. The summed E-state index contributed by atoms with van der Waals surface area (Å²) in [4.78, 5) is 38.2. The number of aromatic nitrogens is 3. The first kappa shape index (κ1) is 23.7. The van der Waals surface area contributed by atoms with Crippen LogP contribution in [-0.4, -0.2) is 50.7 Å². The lowest BCUT2D eigenvalue weighted by Gasteiger charge is -2.23. The Kier molecular flexibility index (Phi) is 7.49. The number of aliphatic hydroxyl groups excluding tert-OH is 1. The predicted molar refractivity (Wildman–Crippen MR) is 118 cm³/mol. The molecule has 2 heterocycles. The van der Waals surface area contributed by atoms with Crippen molar-refractivity contribution >= 4 is 28.4 Å². The lowest BCUT2D eigenvalue weighted by atomic mass is 9.95. The number of anilines is 1. The third kappa shape index (κ3) is 6.74. The topological polar surface area (TPSA) is 129 Å². The van der Waals surface area contributed by atoms with Crippen molar-refractivity contribution in [1.29, 1.82) is 0 Å². The zero-order valence-electron chi connectivity index (χ0n) is 18.3. The number of carbonyl (C=O) groups is 2. The van der Waals surface area contributed by atoms with Gasteiger partial charge < -0.3 is 15.7 Å². The van der Waals surface area contributed by atoms with E-state index in [2.05, 4.69) is 30.9 Å². The molecule has 30 heavy (non-hydrogen) atoms. The number of aryl methyl sites for hydroxylation is 1. The Labute approximate surface area is 180 Å². The van der Waals surface area contributed by atoms with Crippen molar-refractivity contribution in [2.45, 2.75) is 58.9 Å². The Bertz CT molecular complexity index is 904. The van der Waals surface area contributed by atoms with Crippen molar-refractivity contribution in [1.82, 2.24) is 25.6 Å². The summed E-state index contributed by atoms with van der Waals surface area (Å²) in [5, 5.41) is 17.6. The molecule has 164 valence electrons. The number of urea groups is 1. The summed E-state index contributed by atoms with van der Waals surface area (Å²) < 4.78 is 0. The van der Waals surface area contributed by atoms with Gasteiger partial charge in [-0.25, -0.2) is 19.7 Å². The second-order valence-electron chi connectivity index (χ2n) is 8.67. The van der Waals surface area contributed by atoms with E-state index in [4.69, 9.17) is 0 Å². The Morgan fingerprint density at radius 2 is 1.87 bits per heavy atom. The number of nitrogens with zero attached hydrogens (tertiary/aromatic N) is 3. The molecule has 0 radical (unpaired) electrons. The van der Waals surface area contributed by atoms with Crippen LogP contribution in [0.25, 0.3) is 10.6 Å². The summed E-state index contributed by atoms with van der Waals surface area (Å²) in [6.07, 6.45) is 1.83. The Balaban J connectivity index is 1.95. The fourth-order valence-corrected chi connectivity index (χ4v) is 3.38. The minimum absolute atomic E-state index is 0.107. The first-order chi connectivity index (χ1) is 13.9. The molecule has 2 aromatic rings. The van der Waals surface area contributed by atoms with Crippen molar-refractivity contribution in [2.24, 2.45) is 0 Å². The van der Waals surface area contributed by atoms with Crippen LogP contribution in [0.2, 0.25) is 0 Å². The maximum atomic E-state index is 12.1. The van der Waals surface area contributed by atoms with Gasteiger partial charge in [0.15, 0.2) is 5.13 Å². The number of carbonyl (C=O) groups excluding carboxylic acids is 2. The van der Waals surface area contributed by atoms with Crippen LogP contribution < -0.4 is 16.0 Å². The van der Waals surface area contributed by atoms with Gasteiger partial charge >= 0.3 is 6.03 Å². The van der Waals surface area contributed by atoms with E-state index in [0.717, 1.165) is 22.1 Å². The molecular weight excluding hydrogens is 404 g/mol. The highest BCUT2D eigenvalue weighted by Crippen LogP contribution is 2.32. The van der Waals surface area contributed by atoms with Crippen molar-refractivity contribution in [3.05, 3.63) is 23.8 Å². The summed E-state index contributed by atoms with van der Waals surface area (Å²) in [6.45, 7) is 11.4. The van der Waals surface area contributed by atoms with Gasteiger partial charge in [0.1, 0.15) is 5.82 Å². The molecule has 0 aliphatic rings. The molecule has 0 saturated heterocycles. The van der Waals surface area contributed by atoms with E-state index in [0.29, 0.717) is 5.13 Å². The number of aliphatic hydroxyl groups is 1. The third-order valence-corrected chi connectivity index (χ3v) is 5.18. The van der Waals surface area contributed by atoms with Gasteiger partial charge in [-0.15, -0.1) is 0 Å². The lowest BCUT2D eigenvalue weighted by Crippen LogP contribution is -2.47. The van der Waals surface area contributed by atoms with Gasteiger partial charge in [0.25, 0.3) is 0 Å². The fourth-order valence-electron chi connectivity index (χ4n) is 2.44. The highest BCUT2D eigenvalue weighted by molar-refractivity contribution is 7.19. The number of thiazole rings is 1. The summed E-state index contributed by atoms with van der Waals surface area (Å²) in [7, 11) is 0. The van der Waals surface area contributed by atoms with Crippen LogP contribution in [0.1, 0.15) is 52.6 Å². The van der Waals surface area contributed by atoms with Gasteiger partial charge in [-0.05, 0) is 26.8 Å². The van der Waals surface area contributed by atoms with Crippen LogP contribution in [0, 0.1) is 6.92 Å². The van der Waals surface area contributed by atoms with E-state index in [1.54, 1.807) is 20.0 Å². The van der Waals surface area contributed by atoms with Gasteiger partial charge in [0.05, 0.1) is 28.4 Å². The molecule has 2 rings (SSSR count). The largest absolute Gasteiger partial charge is 0.394 e. The van der Waals surface area contributed by atoms with Crippen molar-refractivity contribution < 1.29 is 14.7 Å². The number of amides is 3. The average Bonchev–Trinajstić information content (AvgIpc) is 3.00. The normalized spacial score (nSPS) is 11.8. The summed E-state index contributed by atoms with van der Waals surface area (Å²) >= 11 is 1.33. The molecule has 2 aromatic heterocycles. The van der Waals surface area contributed by atoms with E-state index in [1.165, 1.54) is 11.3 Å². The van der Waals surface area contributed by atoms with E-state index < -0.39 is 11.6 Å². The maximum absolute atomic E-state index is 12.1. The molecule has 0 spiro atoms. The molecular formula is C20H30N6O3S. The van der Waals surface area contributed by atoms with Gasteiger partial charge in [-0.2, -0.15) is 0 Å². The van der Waals surface area contributed by atoms with Crippen LogP contribution in [0.4, 0.5) is 9.93 Å². The molecule has 0 aliphatic heterocycles. The molecule has 3 amide bonds. The summed E-state index contributed by atoms with van der Waals surface area (Å²) in [5.41, 5.74) is 0.664. The smallest absolute Gasteiger partial charge is 0.321 e. The SMILES string of the molecule is Cc1nc(NC(=O)NCCC(=O)NC(C)(C)CO)sc1-c1ccnc(C(C)(C)C)n1. The fraction of sp³-hybridized carbons (Fsp3) is 0.550. The molecule has 0 bridgehead atoms. The number of hydrogen-bond donors (Lipinski definition) is 4. The highest BCUT2D eigenvalue weighted by atomic mass is 32.1. The van der Waals surface area contributed by atoms with Crippen LogP contribution >= 0.6 is 11.3 Å². The lowest BCUT2D eigenvalue weighted by molar-refractivity contribution is -0.123. The van der Waals surface area contributed by atoms with E-state index in [-0.39, 0.29) is 30.9 Å². The monoisotopic (exact) mass is 434 g/mol. The van der Waals surface area contributed by atoms with E-state index >= 15 is 0 Å². The van der Waals surface area contributed by atoms with E-state index in [9.17, 15) is 14.7 Å². The Hall–Kier alpha value is -2.59. The van der Waals surface area contributed by atoms with Crippen molar-refractivity contribution in [3.8, 4) is 10.6 Å². The minimum atomic E-state index is -0.692. The van der Waals surface area contributed by atoms with E-state index in [1.807, 2.05) is 33.8 Å². The molecule has 0 unspecified atom stereocenters. The molecule has 0 atom stereocenters. The van der Waals surface area contributed by atoms with Crippen LogP contribution in [0.3, 0.4) is 0 Å². The first-order valence-electron chi connectivity index (χ1n) is 9.69. The van der Waals surface area contributed by atoms with Crippen molar-refractivity contribution in [2.75, 3.05) is 18.5 Å². The van der Waals surface area contributed by atoms with Gasteiger partial charge in [-0.3, -0.25) is 10.1 Å². The zero-order chi connectivity index (χ0) is 22.5. The zero-order valence-corrected chi connectivity index (χ0v) is 19.1. The maximum Gasteiger partial charge on any atom is 0.321 e. The van der Waals surface area contributed by atoms with Gasteiger partial charge in [0, 0.05) is 24.6 Å². The van der Waals surface area contributed by atoms with Crippen molar-refractivity contribution in [3.63, 3.8) is 0 Å². The second kappa shape index (κ2) is 9.48. The molecule has 10 heteroatoms. The average molecular weight is 435 g/mol. The minimum Gasteiger partial charge on any atom is -0.394 e. The second-order valence-corrected chi connectivity index (χ2v) is 9.67. The van der Waals surface area contributed by atoms with Gasteiger partial charge in [0.2, 0.25) is 5.91 Å². The number of rotatable bonds is 7. The van der Waals surface area contributed by atoms with Gasteiger partial charge in [-0.1, -0.05) is 32.1 Å². The number of nitrogens with one attached hydrogen (secondary N) is 3. The molecule has 0 aromatic carbocycles. The quantitative estimate of drug-likeness (QED) is 0.530. The molecule has 9 nitrogen and oxygen atoms in total. The Morgan fingerprint density at radius 1 is 1.17 bits per heavy atom. The number of hydrogen-bond acceptors (Lipinski definition) is 7. The standard InChI is InChI=1S/C20H30N6O3S/c1-12-15(13-7-9-21-16(24-13)19(2,3)4)30-18(23-12)25-17(29)22-10-8-14(28)26-20(5,6)11-27/h7,9,27H,8,10-11H2,1-6H3,(H,26,28)(H2,22,23,25,29). The Morgan fingerprint density at radius 3 is 2.50 bits per heavy atom.